The zero-order chi connectivity index (χ0) is 27.7. The Labute approximate surface area is 209 Å². The second-order valence-electron chi connectivity index (χ2n) is 9.65. The molecule has 0 spiro atoms. The van der Waals surface area contributed by atoms with E-state index >= 15 is 0 Å². The van der Waals surface area contributed by atoms with Crippen LogP contribution in [0.2, 0.25) is 0 Å². The lowest BCUT2D eigenvalue weighted by Crippen LogP contribution is -2.47. The number of carbonyl (C=O) groups excluding carboxylic acids is 2. The molecule has 37 heavy (non-hydrogen) atoms. The quantitative estimate of drug-likeness (QED) is 0.434. The average molecular weight is 535 g/mol. The Morgan fingerprint density at radius 1 is 1.08 bits per heavy atom. The number of rotatable bonds is 6. The van der Waals surface area contributed by atoms with Gasteiger partial charge in [0.1, 0.15) is 11.4 Å². The van der Waals surface area contributed by atoms with Gasteiger partial charge in [-0.15, -0.1) is 10.2 Å². The van der Waals surface area contributed by atoms with E-state index in [2.05, 4.69) is 15.5 Å². The van der Waals surface area contributed by atoms with E-state index in [1.807, 2.05) is 0 Å². The molecule has 0 radical (unpaired) electrons. The Hall–Kier alpha value is -3.32. The van der Waals surface area contributed by atoms with E-state index in [4.69, 9.17) is 4.74 Å². The predicted octanol–water partition coefficient (Wildman–Crippen LogP) is 4.53. The summed E-state index contributed by atoms with van der Waals surface area (Å²) in [5, 5.41) is 9.36. The van der Waals surface area contributed by atoms with E-state index in [1.165, 1.54) is 4.90 Å². The van der Waals surface area contributed by atoms with Crippen molar-refractivity contribution in [2.24, 2.45) is 0 Å². The maximum absolute atomic E-state index is 14.3. The van der Waals surface area contributed by atoms with Gasteiger partial charge in [-0.05, 0) is 45.2 Å². The molecule has 0 fully saturated rings. The topological polar surface area (TPSA) is 89.4 Å². The van der Waals surface area contributed by atoms with Crippen LogP contribution in [0, 0.1) is 17.5 Å². The summed E-state index contributed by atoms with van der Waals surface area (Å²) in [5.41, 5.74) is -1.18. The van der Waals surface area contributed by atoms with Gasteiger partial charge in [-0.1, -0.05) is 6.92 Å². The van der Waals surface area contributed by atoms with Gasteiger partial charge in [-0.2, -0.15) is 13.2 Å². The summed E-state index contributed by atoms with van der Waals surface area (Å²) < 4.78 is 87.3. The molecule has 2 heterocycles. The molecule has 0 aliphatic carbocycles. The minimum absolute atomic E-state index is 0.0299. The minimum Gasteiger partial charge on any atom is -0.444 e. The Morgan fingerprint density at radius 3 is 2.32 bits per heavy atom. The summed E-state index contributed by atoms with van der Waals surface area (Å²) in [6.45, 7) is 6.17. The summed E-state index contributed by atoms with van der Waals surface area (Å²) in [6.07, 6.45) is -6.22. The number of nitrogens with zero attached hydrogens (tertiary/aromatic N) is 4. The first-order chi connectivity index (χ1) is 17.1. The molecule has 1 aliphatic heterocycles. The first-order valence-corrected chi connectivity index (χ1v) is 11.5. The highest BCUT2D eigenvalue weighted by molar-refractivity contribution is 5.78. The van der Waals surface area contributed by atoms with Gasteiger partial charge in [-0.25, -0.2) is 18.0 Å². The molecule has 2 aromatic rings. The first kappa shape index (κ1) is 28.3. The fraction of sp³-hybridized carbons (Fsp3) is 0.565. The largest absolute Gasteiger partial charge is 0.451 e. The molecule has 2 amide bonds. The van der Waals surface area contributed by atoms with Crippen molar-refractivity contribution in [1.29, 1.82) is 0 Å². The Kier molecular flexibility index (Phi) is 8.08. The number of halogens is 6. The molecule has 2 atom stereocenters. The van der Waals surface area contributed by atoms with Gasteiger partial charge in [0.25, 0.3) is 0 Å². The normalized spacial score (nSPS) is 16.8. The van der Waals surface area contributed by atoms with E-state index in [9.17, 15) is 35.9 Å². The van der Waals surface area contributed by atoms with Crippen LogP contribution in [0.15, 0.2) is 12.1 Å². The molecule has 1 aliphatic rings. The lowest BCUT2D eigenvalue weighted by Gasteiger charge is -2.36. The van der Waals surface area contributed by atoms with Crippen molar-refractivity contribution >= 4 is 12.0 Å². The van der Waals surface area contributed by atoms with Gasteiger partial charge in [0.15, 0.2) is 17.5 Å². The summed E-state index contributed by atoms with van der Waals surface area (Å²) in [6, 6.07) is -0.938. The van der Waals surface area contributed by atoms with Crippen molar-refractivity contribution in [1.82, 2.24) is 25.0 Å². The van der Waals surface area contributed by atoms with Gasteiger partial charge in [-0.3, -0.25) is 4.79 Å². The fourth-order valence-corrected chi connectivity index (χ4v) is 4.16. The summed E-state index contributed by atoms with van der Waals surface area (Å²) >= 11 is 0. The van der Waals surface area contributed by atoms with E-state index < -0.39 is 65.6 Å². The third-order valence-corrected chi connectivity index (χ3v) is 5.68. The molecule has 1 aromatic carbocycles. The van der Waals surface area contributed by atoms with Crippen molar-refractivity contribution in [3.05, 3.63) is 46.8 Å². The molecular formula is C23H27F6N5O3. The molecule has 0 saturated carbocycles. The molecule has 0 unspecified atom stereocenters. The van der Waals surface area contributed by atoms with Gasteiger partial charge in [0, 0.05) is 31.6 Å². The smallest absolute Gasteiger partial charge is 0.444 e. The van der Waals surface area contributed by atoms with Gasteiger partial charge < -0.3 is 19.5 Å². The lowest BCUT2D eigenvalue weighted by molar-refractivity contribution is -0.148. The van der Waals surface area contributed by atoms with Crippen molar-refractivity contribution in [2.45, 2.75) is 77.4 Å². The molecule has 1 aromatic heterocycles. The van der Waals surface area contributed by atoms with E-state index in [1.54, 1.807) is 27.7 Å². The number of carbonyl (C=O) groups is 2. The maximum Gasteiger partial charge on any atom is 0.451 e. The van der Waals surface area contributed by atoms with Crippen LogP contribution >= 0.6 is 0 Å². The van der Waals surface area contributed by atoms with Crippen LogP contribution in [0.3, 0.4) is 0 Å². The second kappa shape index (κ2) is 10.6. The van der Waals surface area contributed by atoms with E-state index in [0.717, 1.165) is 4.57 Å². The van der Waals surface area contributed by atoms with Crippen LogP contribution in [-0.2, 0) is 28.7 Å². The second-order valence-corrected chi connectivity index (χ2v) is 9.65. The standard InChI is InChI=1S/C23H27F6N5O3/c1-5-17-19-31-32-20(23(27,28)29)34(19)7-6-33(17)18(35)10-13(30-21(36)37-22(2,3)4)8-12-9-15(25)16(26)11-14(12)24/h9,11,13,17H,5-8,10H2,1-4H3,(H,30,36)/t13-,17-/m1/s1. The molecule has 0 bridgehead atoms. The number of nitrogens with one attached hydrogen (secondary N) is 1. The average Bonchev–Trinajstić information content (AvgIpc) is 3.20. The van der Waals surface area contributed by atoms with Crippen LogP contribution < -0.4 is 5.32 Å². The van der Waals surface area contributed by atoms with Crippen molar-refractivity contribution in [2.75, 3.05) is 6.54 Å². The lowest BCUT2D eigenvalue weighted by atomic mass is 10.0. The maximum atomic E-state index is 14.3. The van der Waals surface area contributed by atoms with Crippen LogP contribution in [0.4, 0.5) is 31.1 Å². The van der Waals surface area contributed by atoms with Crippen molar-refractivity contribution < 1.29 is 40.7 Å². The number of hydrogen-bond acceptors (Lipinski definition) is 5. The minimum atomic E-state index is -4.72. The summed E-state index contributed by atoms with van der Waals surface area (Å²) in [7, 11) is 0. The van der Waals surface area contributed by atoms with Gasteiger partial charge >= 0.3 is 12.3 Å². The Bertz CT molecular complexity index is 1160. The molecule has 3 rings (SSSR count). The third-order valence-electron chi connectivity index (χ3n) is 5.68. The van der Waals surface area contributed by atoms with E-state index in [-0.39, 0.29) is 37.3 Å². The number of hydrogen-bond donors (Lipinski definition) is 1. The van der Waals surface area contributed by atoms with Gasteiger partial charge in [0.2, 0.25) is 11.7 Å². The summed E-state index contributed by atoms with van der Waals surface area (Å²) in [5.74, 6) is -5.53. The van der Waals surface area contributed by atoms with Gasteiger partial charge in [0.05, 0.1) is 6.04 Å². The Balaban J connectivity index is 1.85. The number of amides is 2. The molecule has 1 N–H and O–H groups in total. The highest BCUT2D eigenvalue weighted by Crippen LogP contribution is 2.34. The van der Waals surface area contributed by atoms with Crippen molar-refractivity contribution in [3.8, 4) is 0 Å². The highest BCUT2D eigenvalue weighted by Gasteiger charge is 2.42. The molecule has 204 valence electrons. The predicted molar refractivity (Wildman–Crippen MR) is 118 cm³/mol. The number of alkyl carbamates (subject to hydrolysis) is 1. The number of alkyl halides is 3. The number of ether oxygens (including phenoxy) is 1. The highest BCUT2D eigenvalue weighted by atomic mass is 19.4. The Morgan fingerprint density at radius 2 is 1.73 bits per heavy atom. The first-order valence-electron chi connectivity index (χ1n) is 11.5. The zero-order valence-electron chi connectivity index (χ0n) is 20.6. The van der Waals surface area contributed by atoms with Crippen molar-refractivity contribution in [3.63, 3.8) is 0 Å². The fourth-order valence-electron chi connectivity index (χ4n) is 4.16. The zero-order valence-corrected chi connectivity index (χ0v) is 20.6. The van der Waals surface area contributed by atoms with Crippen LogP contribution in [-0.4, -0.2) is 49.9 Å². The van der Waals surface area contributed by atoms with Crippen LogP contribution in [0.5, 0.6) is 0 Å². The summed E-state index contributed by atoms with van der Waals surface area (Å²) in [4.78, 5) is 27.0. The van der Waals surface area contributed by atoms with Crippen LogP contribution in [0.1, 0.15) is 63.8 Å². The number of aromatic nitrogens is 3. The molecule has 0 saturated heterocycles. The third kappa shape index (κ3) is 6.72. The molecule has 14 heteroatoms. The molecule has 8 nitrogen and oxygen atoms in total. The van der Waals surface area contributed by atoms with E-state index in [0.29, 0.717) is 12.1 Å². The monoisotopic (exact) mass is 535 g/mol. The molecular weight excluding hydrogens is 508 g/mol. The number of fused-ring (bicyclic) bond motifs is 1. The SMILES string of the molecule is CC[C@@H]1c2nnc(C(F)(F)F)n2CCN1C(=O)C[C@@H](Cc1cc(F)c(F)cc1F)NC(=O)OC(C)(C)C. The number of benzene rings is 1. The van der Waals surface area contributed by atoms with Crippen LogP contribution in [0.25, 0.3) is 0 Å².